The van der Waals surface area contributed by atoms with Crippen LogP contribution in [0.1, 0.15) is 22.8 Å². The van der Waals surface area contributed by atoms with E-state index < -0.39 is 29.6 Å². The van der Waals surface area contributed by atoms with E-state index in [-0.39, 0.29) is 11.3 Å². The Balaban J connectivity index is 2.01. The molecule has 0 saturated heterocycles. The van der Waals surface area contributed by atoms with E-state index in [1.165, 1.54) is 37.3 Å². The van der Waals surface area contributed by atoms with Crippen LogP contribution >= 0.6 is 0 Å². The molecule has 2 rings (SSSR count). The number of ether oxygens (including phenoxy) is 1. The first-order chi connectivity index (χ1) is 10.9. The lowest BCUT2D eigenvalue weighted by molar-refractivity contribution is -0.123. The van der Waals surface area contributed by atoms with Gasteiger partial charge in [-0.3, -0.25) is 4.79 Å². The van der Waals surface area contributed by atoms with Gasteiger partial charge in [-0.05, 0) is 43.7 Å². The Morgan fingerprint density at radius 2 is 1.78 bits per heavy atom. The molecule has 0 heterocycles. The Morgan fingerprint density at radius 1 is 1.09 bits per heavy atom. The summed E-state index contributed by atoms with van der Waals surface area (Å²) in [6, 6.07) is 9.51. The highest BCUT2D eigenvalue weighted by Gasteiger charge is 2.20. The number of anilines is 1. The lowest BCUT2D eigenvalue weighted by atomic mass is 10.1. The SMILES string of the molecule is Cc1ccc(C(=O)O[C@H](C)C(=O)Nc2ccccc2F)cc1F. The van der Waals surface area contributed by atoms with Crippen molar-refractivity contribution < 1.29 is 23.1 Å². The van der Waals surface area contributed by atoms with Gasteiger partial charge in [-0.15, -0.1) is 0 Å². The zero-order valence-electron chi connectivity index (χ0n) is 12.6. The topological polar surface area (TPSA) is 55.4 Å². The Hall–Kier alpha value is -2.76. The normalized spacial score (nSPS) is 11.7. The van der Waals surface area contributed by atoms with Crippen molar-refractivity contribution in [3.63, 3.8) is 0 Å². The van der Waals surface area contributed by atoms with Crippen LogP contribution in [0.25, 0.3) is 0 Å². The molecular weight excluding hydrogens is 304 g/mol. The van der Waals surface area contributed by atoms with Gasteiger partial charge < -0.3 is 10.1 Å². The molecule has 2 aromatic carbocycles. The number of halogens is 2. The van der Waals surface area contributed by atoms with E-state index in [2.05, 4.69) is 5.32 Å². The zero-order chi connectivity index (χ0) is 17.0. The molecule has 23 heavy (non-hydrogen) atoms. The summed E-state index contributed by atoms with van der Waals surface area (Å²) < 4.78 is 31.9. The molecular formula is C17H15F2NO3. The molecule has 0 unspecified atom stereocenters. The van der Waals surface area contributed by atoms with Crippen LogP contribution in [0.2, 0.25) is 0 Å². The molecule has 0 aliphatic rings. The maximum Gasteiger partial charge on any atom is 0.339 e. The van der Waals surface area contributed by atoms with E-state index in [0.29, 0.717) is 5.56 Å². The number of hydrogen-bond acceptors (Lipinski definition) is 3. The second-order valence-corrected chi connectivity index (χ2v) is 4.98. The number of aryl methyl sites for hydroxylation is 1. The Labute approximate surface area is 132 Å². The van der Waals surface area contributed by atoms with Crippen molar-refractivity contribution in [1.82, 2.24) is 0 Å². The van der Waals surface area contributed by atoms with Gasteiger partial charge in [0.05, 0.1) is 11.3 Å². The van der Waals surface area contributed by atoms with Crippen molar-refractivity contribution in [1.29, 1.82) is 0 Å². The van der Waals surface area contributed by atoms with Crippen LogP contribution in [0.5, 0.6) is 0 Å². The van der Waals surface area contributed by atoms with Crippen molar-refractivity contribution in [2.24, 2.45) is 0 Å². The molecule has 0 spiro atoms. The third-order valence-electron chi connectivity index (χ3n) is 3.19. The number of nitrogens with one attached hydrogen (secondary N) is 1. The summed E-state index contributed by atoms with van der Waals surface area (Å²) >= 11 is 0. The molecule has 6 heteroatoms. The molecule has 1 amide bonds. The van der Waals surface area contributed by atoms with Crippen LogP contribution in [0, 0.1) is 18.6 Å². The number of para-hydroxylation sites is 1. The van der Waals surface area contributed by atoms with Gasteiger partial charge in [0.1, 0.15) is 11.6 Å². The summed E-state index contributed by atoms with van der Waals surface area (Å²) in [5, 5.41) is 2.32. The number of carbonyl (C=O) groups excluding carboxylic acids is 2. The molecule has 0 aliphatic carbocycles. The smallest absolute Gasteiger partial charge is 0.339 e. The van der Waals surface area contributed by atoms with Crippen molar-refractivity contribution in [3.8, 4) is 0 Å². The maximum atomic E-state index is 13.5. The first-order valence-electron chi connectivity index (χ1n) is 6.91. The van der Waals surface area contributed by atoms with Gasteiger partial charge in [0.15, 0.2) is 6.10 Å². The van der Waals surface area contributed by atoms with Gasteiger partial charge >= 0.3 is 5.97 Å². The van der Waals surface area contributed by atoms with Crippen LogP contribution in [0.3, 0.4) is 0 Å². The fraction of sp³-hybridized carbons (Fsp3) is 0.176. The van der Waals surface area contributed by atoms with Gasteiger partial charge in [-0.1, -0.05) is 18.2 Å². The summed E-state index contributed by atoms with van der Waals surface area (Å²) in [7, 11) is 0. The minimum absolute atomic E-state index is 0.00126. The monoisotopic (exact) mass is 319 g/mol. The minimum atomic E-state index is -1.16. The quantitative estimate of drug-likeness (QED) is 0.878. The average molecular weight is 319 g/mol. The van der Waals surface area contributed by atoms with E-state index in [0.717, 1.165) is 6.07 Å². The summed E-state index contributed by atoms with van der Waals surface area (Å²) in [5.74, 6) is -2.65. The first kappa shape index (κ1) is 16.6. The second kappa shape index (κ2) is 7.00. The third-order valence-corrected chi connectivity index (χ3v) is 3.19. The summed E-state index contributed by atoms with van der Waals surface area (Å²) in [4.78, 5) is 23.8. The van der Waals surface area contributed by atoms with Crippen LogP contribution in [0.4, 0.5) is 14.5 Å². The highest BCUT2D eigenvalue weighted by Crippen LogP contribution is 2.14. The lowest BCUT2D eigenvalue weighted by Crippen LogP contribution is -2.30. The fourth-order valence-electron chi connectivity index (χ4n) is 1.80. The lowest BCUT2D eigenvalue weighted by Gasteiger charge is -2.14. The number of esters is 1. The van der Waals surface area contributed by atoms with Crippen LogP contribution in [-0.4, -0.2) is 18.0 Å². The molecule has 0 saturated carbocycles. The molecule has 1 atom stereocenters. The molecule has 4 nitrogen and oxygen atoms in total. The number of rotatable bonds is 4. The van der Waals surface area contributed by atoms with E-state index in [1.54, 1.807) is 13.0 Å². The largest absolute Gasteiger partial charge is 0.449 e. The van der Waals surface area contributed by atoms with Gasteiger partial charge in [0, 0.05) is 0 Å². The summed E-state index contributed by atoms with van der Waals surface area (Å²) in [6.07, 6.45) is -1.16. The van der Waals surface area contributed by atoms with E-state index in [1.807, 2.05) is 0 Å². The molecule has 0 radical (unpaired) electrons. The second-order valence-electron chi connectivity index (χ2n) is 4.98. The first-order valence-corrected chi connectivity index (χ1v) is 6.91. The number of amides is 1. The van der Waals surface area contributed by atoms with Gasteiger partial charge in [0.2, 0.25) is 0 Å². The molecule has 1 N–H and O–H groups in total. The maximum absolute atomic E-state index is 13.5. The predicted molar refractivity (Wildman–Crippen MR) is 81.0 cm³/mol. The van der Waals surface area contributed by atoms with E-state index >= 15 is 0 Å². The molecule has 0 fully saturated rings. The van der Waals surface area contributed by atoms with Crippen molar-refractivity contribution >= 4 is 17.6 Å². The summed E-state index contributed by atoms with van der Waals surface area (Å²) in [6.45, 7) is 2.91. The Morgan fingerprint density at radius 3 is 2.43 bits per heavy atom. The fourth-order valence-corrected chi connectivity index (χ4v) is 1.80. The predicted octanol–water partition coefficient (Wildman–Crippen LogP) is 3.46. The molecule has 120 valence electrons. The van der Waals surface area contributed by atoms with Gasteiger partial charge in [-0.2, -0.15) is 0 Å². The highest BCUT2D eigenvalue weighted by atomic mass is 19.1. The van der Waals surface area contributed by atoms with Gasteiger partial charge in [0.25, 0.3) is 5.91 Å². The molecule has 0 bridgehead atoms. The standard InChI is InChI=1S/C17H15F2NO3/c1-10-7-8-12(9-14(10)19)17(22)23-11(2)16(21)20-15-6-4-3-5-13(15)18/h3-9,11H,1-2H3,(H,20,21)/t11-/m1/s1. The average Bonchev–Trinajstić information content (AvgIpc) is 2.52. The third kappa shape index (κ3) is 4.12. The van der Waals surface area contributed by atoms with Crippen LogP contribution < -0.4 is 5.32 Å². The van der Waals surface area contributed by atoms with E-state index in [4.69, 9.17) is 4.74 Å². The van der Waals surface area contributed by atoms with E-state index in [9.17, 15) is 18.4 Å². The van der Waals surface area contributed by atoms with Crippen molar-refractivity contribution in [2.45, 2.75) is 20.0 Å². The Kier molecular flexibility index (Phi) is 5.05. The van der Waals surface area contributed by atoms with Crippen LogP contribution in [0.15, 0.2) is 42.5 Å². The number of hydrogen-bond donors (Lipinski definition) is 1. The minimum Gasteiger partial charge on any atom is -0.449 e. The molecule has 0 aromatic heterocycles. The van der Waals surface area contributed by atoms with Crippen molar-refractivity contribution in [2.75, 3.05) is 5.32 Å². The van der Waals surface area contributed by atoms with Crippen LogP contribution in [-0.2, 0) is 9.53 Å². The zero-order valence-corrected chi connectivity index (χ0v) is 12.6. The van der Waals surface area contributed by atoms with Gasteiger partial charge in [-0.25, -0.2) is 13.6 Å². The molecule has 2 aromatic rings. The van der Waals surface area contributed by atoms with Crippen molar-refractivity contribution in [3.05, 3.63) is 65.2 Å². The summed E-state index contributed by atoms with van der Waals surface area (Å²) in [5.41, 5.74) is 0.382. The molecule has 0 aliphatic heterocycles. The number of benzene rings is 2. The Bertz CT molecular complexity index is 746. The number of carbonyl (C=O) groups is 2. The highest BCUT2D eigenvalue weighted by molar-refractivity contribution is 5.97.